The van der Waals surface area contributed by atoms with Crippen LogP contribution in [0.1, 0.15) is 38.9 Å². The summed E-state index contributed by atoms with van der Waals surface area (Å²) in [6.07, 6.45) is 3.93. The Balaban J connectivity index is 1.27. The summed E-state index contributed by atoms with van der Waals surface area (Å²) >= 11 is 0. The van der Waals surface area contributed by atoms with Gasteiger partial charge in [-0.25, -0.2) is 0 Å². The van der Waals surface area contributed by atoms with E-state index in [1.165, 1.54) is 16.7 Å². The van der Waals surface area contributed by atoms with Gasteiger partial charge < -0.3 is 14.2 Å². The van der Waals surface area contributed by atoms with Gasteiger partial charge in [-0.2, -0.15) is 0 Å². The SMILES string of the molecule is COc1ccc(C(OCc2ccc(-c3cccc(CCc4cccc(C)c4)c3)nc2)(c2ccccc2)c2ccc(OC)cc2)cc1. The average molecular weight is 606 g/mol. The molecule has 0 atom stereocenters. The maximum atomic E-state index is 7.05. The summed E-state index contributed by atoms with van der Waals surface area (Å²) in [5.41, 5.74) is 9.15. The minimum atomic E-state index is -0.885. The summed E-state index contributed by atoms with van der Waals surface area (Å²) in [6, 6.07) is 48.2. The maximum absolute atomic E-state index is 7.05. The Morgan fingerprint density at radius 2 is 1.13 bits per heavy atom. The molecule has 4 nitrogen and oxygen atoms in total. The number of aryl methyl sites for hydroxylation is 3. The molecule has 0 saturated heterocycles. The molecule has 0 aliphatic carbocycles. The fourth-order valence-corrected chi connectivity index (χ4v) is 5.99. The van der Waals surface area contributed by atoms with Gasteiger partial charge >= 0.3 is 0 Å². The molecule has 6 rings (SSSR count). The van der Waals surface area contributed by atoms with Crippen molar-refractivity contribution >= 4 is 0 Å². The second-order valence-electron chi connectivity index (χ2n) is 11.5. The van der Waals surface area contributed by atoms with Crippen molar-refractivity contribution in [2.45, 2.75) is 32.0 Å². The van der Waals surface area contributed by atoms with Crippen molar-refractivity contribution < 1.29 is 14.2 Å². The lowest BCUT2D eigenvalue weighted by molar-refractivity contribution is 0.0000785. The largest absolute Gasteiger partial charge is 0.497 e. The third kappa shape index (κ3) is 6.88. The van der Waals surface area contributed by atoms with Crippen LogP contribution in [-0.2, 0) is 29.8 Å². The van der Waals surface area contributed by atoms with Crippen molar-refractivity contribution in [3.8, 4) is 22.8 Å². The Morgan fingerprint density at radius 1 is 0.543 bits per heavy atom. The summed E-state index contributed by atoms with van der Waals surface area (Å²) < 4.78 is 18.0. The average Bonchev–Trinajstić information content (AvgIpc) is 3.12. The van der Waals surface area contributed by atoms with Crippen LogP contribution >= 0.6 is 0 Å². The molecule has 1 heterocycles. The predicted molar refractivity (Wildman–Crippen MR) is 185 cm³/mol. The number of pyridine rings is 1. The van der Waals surface area contributed by atoms with Crippen molar-refractivity contribution in [2.24, 2.45) is 0 Å². The summed E-state index contributed by atoms with van der Waals surface area (Å²) in [6.45, 7) is 2.50. The third-order valence-electron chi connectivity index (χ3n) is 8.46. The molecule has 0 spiro atoms. The lowest BCUT2D eigenvalue weighted by Gasteiger charge is -2.36. The molecule has 5 aromatic carbocycles. The molecule has 0 N–H and O–H groups in total. The quantitative estimate of drug-likeness (QED) is 0.130. The van der Waals surface area contributed by atoms with Crippen LogP contribution in [0, 0.1) is 6.92 Å². The number of aromatic nitrogens is 1. The highest BCUT2D eigenvalue weighted by atomic mass is 16.5. The highest BCUT2D eigenvalue weighted by Crippen LogP contribution is 2.42. The van der Waals surface area contributed by atoms with Gasteiger partial charge in [0.1, 0.15) is 17.1 Å². The van der Waals surface area contributed by atoms with Crippen molar-refractivity contribution in [2.75, 3.05) is 14.2 Å². The van der Waals surface area contributed by atoms with Crippen molar-refractivity contribution in [1.82, 2.24) is 4.98 Å². The molecule has 6 aromatic rings. The highest BCUT2D eigenvalue weighted by Gasteiger charge is 2.38. The van der Waals surface area contributed by atoms with Crippen LogP contribution < -0.4 is 9.47 Å². The van der Waals surface area contributed by atoms with Crippen LogP contribution in [0.5, 0.6) is 11.5 Å². The van der Waals surface area contributed by atoms with Gasteiger partial charge in [-0.05, 0) is 89.5 Å². The van der Waals surface area contributed by atoms with E-state index in [-0.39, 0.29) is 0 Å². The maximum Gasteiger partial charge on any atom is 0.144 e. The molecule has 0 radical (unpaired) electrons. The molecule has 0 unspecified atom stereocenters. The first kappa shape index (κ1) is 30.8. The number of hydrogen-bond donors (Lipinski definition) is 0. The molecule has 0 fully saturated rings. The standard InChI is InChI=1S/C42H39NO3/c1-31-9-7-10-32(27-31)15-16-33-11-8-12-35(28-33)41-26-17-34(29-43-41)30-46-42(36-13-5-4-6-14-36,37-18-22-39(44-2)23-19-37)38-20-24-40(45-3)25-21-38/h4-14,17-29H,15-16,30H2,1-3H3. The molecule has 1 aromatic heterocycles. The molecule has 0 saturated carbocycles. The Hall–Kier alpha value is -5.19. The number of rotatable bonds is 12. The van der Waals surface area contributed by atoms with Gasteiger partial charge in [0.25, 0.3) is 0 Å². The fraction of sp³-hybridized carbons (Fsp3) is 0.167. The van der Waals surface area contributed by atoms with E-state index in [2.05, 4.69) is 104 Å². The number of nitrogens with zero attached hydrogens (tertiary/aromatic N) is 1. The van der Waals surface area contributed by atoms with Gasteiger partial charge in [0.15, 0.2) is 0 Å². The van der Waals surface area contributed by atoms with Crippen LogP contribution in [-0.4, -0.2) is 19.2 Å². The number of ether oxygens (including phenoxy) is 3. The predicted octanol–water partition coefficient (Wildman–Crippen LogP) is 9.37. The number of methoxy groups -OCH3 is 2. The van der Waals surface area contributed by atoms with E-state index < -0.39 is 5.60 Å². The second kappa shape index (κ2) is 14.3. The summed E-state index contributed by atoms with van der Waals surface area (Å²) in [5, 5.41) is 0. The zero-order valence-electron chi connectivity index (χ0n) is 26.6. The van der Waals surface area contributed by atoms with E-state index in [1.54, 1.807) is 14.2 Å². The summed E-state index contributed by atoms with van der Waals surface area (Å²) in [4.78, 5) is 4.87. The molecular weight excluding hydrogens is 566 g/mol. The van der Waals surface area contributed by atoms with Crippen LogP contribution in [0.15, 0.2) is 146 Å². The molecule has 0 aliphatic heterocycles. The van der Waals surface area contributed by atoms with E-state index in [4.69, 9.17) is 19.2 Å². The highest BCUT2D eigenvalue weighted by molar-refractivity contribution is 5.60. The Kier molecular flexibility index (Phi) is 9.56. The second-order valence-corrected chi connectivity index (χ2v) is 11.5. The van der Waals surface area contributed by atoms with E-state index >= 15 is 0 Å². The van der Waals surface area contributed by atoms with Crippen LogP contribution in [0.2, 0.25) is 0 Å². The molecule has 4 heteroatoms. The Labute approximate surface area is 272 Å². The van der Waals surface area contributed by atoms with Gasteiger partial charge in [-0.1, -0.05) is 109 Å². The van der Waals surface area contributed by atoms with E-state index in [0.717, 1.165) is 57.9 Å². The smallest absolute Gasteiger partial charge is 0.144 e. The Bertz CT molecular complexity index is 1800. The molecular formula is C42H39NO3. The van der Waals surface area contributed by atoms with E-state index in [1.807, 2.05) is 48.7 Å². The van der Waals surface area contributed by atoms with E-state index in [0.29, 0.717) is 6.61 Å². The fourth-order valence-electron chi connectivity index (χ4n) is 5.99. The van der Waals surface area contributed by atoms with E-state index in [9.17, 15) is 0 Å². The van der Waals surface area contributed by atoms with Crippen LogP contribution in [0.3, 0.4) is 0 Å². The lowest BCUT2D eigenvalue weighted by Crippen LogP contribution is -2.32. The minimum absolute atomic E-state index is 0.358. The monoisotopic (exact) mass is 605 g/mol. The summed E-state index contributed by atoms with van der Waals surface area (Å²) in [5.74, 6) is 1.58. The first-order valence-corrected chi connectivity index (χ1v) is 15.7. The molecule has 230 valence electrons. The number of benzene rings is 5. The Morgan fingerprint density at radius 3 is 1.70 bits per heavy atom. The topological polar surface area (TPSA) is 40.6 Å². The summed E-state index contributed by atoms with van der Waals surface area (Å²) in [7, 11) is 3.36. The third-order valence-corrected chi connectivity index (χ3v) is 8.46. The van der Waals surface area contributed by atoms with Gasteiger partial charge in [-0.3, -0.25) is 4.98 Å². The molecule has 0 bridgehead atoms. The van der Waals surface area contributed by atoms with Crippen molar-refractivity contribution in [3.63, 3.8) is 0 Å². The number of hydrogen-bond acceptors (Lipinski definition) is 4. The van der Waals surface area contributed by atoms with Crippen LogP contribution in [0.4, 0.5) is 0 Å². The molecule has 0 aliphatic rings. The first-order chi connectivity index (χ1) is 22.6. The minimum Gasteiger partial charge on any atom is -0.497 e. The molecule has 46 heavy (non-hydrogen) atoms. The normalized spacial score (nSPS) is 11.3. The van der Waals surface area contributed by atoms with Gasteiger partial charge in [0.05, 0.1) is 26.5 Å². The zero-order valence-corrected chi connectivity index (χ0v) is 26.6. The molecule has 0 amide bonds. The van der Waals surface area contributed by atoms with Crippen molar-refractivity contribution in [1.29, 1.82) is 0 Å². The van der Waals surface area contributed by atoms with Crippen molar-refractivity contribution in [3.05, 3.63) is 185 Å². The van der Waals surface area contributed by atoms with Gasteiger partial charge in [-0.15, -0.1) is 0 Å². The zero-order chi connectivity index (χ0) is 31.8. The van der Waals surface area contributed by atoms with Gasteiger partial charge in [0.2, 0.25) is 0 Å². The van der Waals surface area contributed by atoms with Crippen LogP contribution in [0.25, 0.3) is 11.3 Å². The van der Waals surface area contributed by atoms with Gasteiger partial charge in [0, 0.05) is 11.8 Å². The first-order valence-electron chi connectivity index (χ1n) is 15.7. The lowest BCUT2D eigenvalue weighted by atomic mass is 9.80.